The molecule has 230 valence electrons. The van der Waals surface area contributed by atoms with Crippen LogP contribution in [0.1, 0.15) is 35.6 Å². The smallest absolute Gasteiger partial charge is 0.417 e. The number of hydrogen-bond donors (Lipinski definition) is 1. The molecule has 4 aromatic rings. The number of aryl methyl sites for hydroxylation is 1. The number of aromatic nitrogens is 1. The molecule has 1 aliphatic rings. The molecule has 1 fully saturated rings. The van der Waals surface area contributed by atoms with Crippen LogP contribution < -0.4 is 9.47 Å². The van der Waals surface area contributed by atoms with E-state index >= 15 is 0 Å². The van der Waals surface area contributed by atoms with Crippen molar-refractivity contribution in [2.75, 3.05) is 26.9 Å². The van der Waals surface area contributed by atoms with Gasteiger partial charge < -0.3 is 28.5 Å². The maximum atomic E-state index is 13.7. The Morgan fingerprint density at radius 3 is 2.52 bits per heavy atom. The van der Waals surface area contributed by atoms with Crippen molar-refractivity contribution in [1.82, 2.24) is 9.88 Å². The van der Waals surface area contributed by atoms with E-state index in [2.05, 4.69) is 4.98 Å². The fourth-order valence-electron chi connectivity index (χ4n) is 5.20. The molecule has 1 saturated heterocycles. The van der Waals surface area contributed by atoms with Crippen LogP contribution in [0, 0.1) is 6.92 Å². The third-order valence-corrected chi connectivity index (χ3v) is 7.43. The molecule has 0 spiro atoms. The summed E-state index contributed by atoms with van der Waals surface area (Å²) in [4.78, 5) is 32.0. The first-order valence-corrected chi connectivity index (χ1v) is 14.6. The molecule has 1 aromatic heterocycles. The molecule has 1 N–H and O–H groups in total. The second-order valence-electron chi connectivity index (χ2n) is 10.3. The quantitative estimate of drug-likeness (QED) is 0.218. The Kier molecular flexibility index (Phi) is 9.93. The van der Waals surface area contributed by atoms with Crippen molar-refractivity contribution in [2.45, 2.75) is 44.9 Å². The second-order valence-corrected chi connectivity index (χ2v) is 10.3. The Labute approximate surface area is 256 Å². The number of imide groups is 1. The molecule has 1 aliphatic heterocycles. The number of methoxy groups -OCH3 is 1. The summed E-state index contributed by atoms with van der Waals surface area (Å²) >= 11 is 0. The summed E-state index contributed by atoms with van der Waals surface area (Å²) in [5.74, 6) is 1.42. The first-order chi connectivity index (χ1) is 21.4. The Hall–Kier alpha value is -4.67. The minimum absolute atomic E-state index is 0.0607. The van der Waals surface area contributed by atoms with E-state index in [1.807, 2.05) is 67.6 Å². The highest BCUT2D eigenvalue weighted by Gasteiger charge is 2.44. The first kappa shape index (κ1) is 30.8. The molecular weight excluding hydrogens is 564 g/mol. The van der Waals surface area contributed by atoms with Crippen molar-refractivity contribution in [3.63, 3.8) is 0 Å². The van der Waals surface area contributed by atoms with Crippen LogP contribution in [0.2, 0.25) is 0 Å². The van der Waals surface area contributed by atoms with Gasteiger partial charge in [0.15, 0.2) is 6.10 Å². The number of hydrogen-bond acceptors (Lipinski definition) is 9. The molecule has 0 aliphatic carbocycles. The van der Waals surface area contributed by atoms with Crippen LogP contribution >= 0.6 is 0 Å². The molecule has 2 amide bonds. The fraction of sp³-hybridized carbons (Fsp3) is 0.324. The van der Waals surface area contributed by atoms with E-state index in [0.717, 1.165) is 27.5 Å². The molecule has 3 atom stereocenters. The number of aliphatic hydroxyl groups excluding tert-OH is 1. The Bertz CT molecular complexity index is 1560. The van der Waals surface area contributed by atoms with Gasteiger partial charge in [-0.25, -0.2) is 14.7 Å². The summed E-state index contributed by atoms with van der Waals surface area (Å²) < 4.78 is 28.3. The molecule has 0 unspecified atom stereocenters. The van der Waals surface area contributed by atoms with Crippen LogP contribution in [0.3, 0.4) is 0 Å². The lowest BCUT2D eigenvalue weighted by Crippen LogP contribution is -2.48. The third-order valence-electron chi connectivity index (χ3n) is 7.43. The van der Waals surface area contributed by atoms with Gasteiger partial charge in [-0.2, -0.15) is 0 Å². The molecule has 3 aromatic carbocycles. The van der Waals surface area contributed by atoms with Crippen LogP contribution in [-0.2, 0) is 27.1 Å². The summed E-state index contributed by atoms with van der Waals surface area (Å²) in [5.41, 5.74) is 2.97. The van der Waals surface area contributed by atoms with Gasteiger partial charge in [-0.3, -0.25) is 4.79 Å². The number of oxazole rings is 1. The number of aliphatic hydroxyl groups is 1. The lowest BCUT2D eigenvalue weighted by Gasteiger charge is -2.28. The summed E-state index contributed by atoms with van der Waals surface area (Å²) in [6.45, 7) is 4.11. The molecule has 10 heteroatoms. The van der Waals surface area contributed by atoms with Gasteiger partial charge in [0.25, 0.3) is 5.91 Å². The zero-order valence-corrected chi connectivity index (χ0v) is 25.0. The van der Waals surface area contributed by atoms with Gasteiger partial charge in [-0.1, -0.05) is 48.5 Å². The molecule has 2 heterocycles. The molecule has 44 heavy (non-hydrogen) atoms. The highest BCUT2D eigenvalue weighted by Crippen LogP contribution is 2.34. The van der Waals surface area contributed by atoms with Crippen LogP contribution in [-0.4, -0.2) is 66.1 Å². The summed E-state index contributed by atoms with van der Waals surface area (Å²) in [7, 11) is 1.46. The minimum atomic E-state index is -1.42. The normalized spacial score (nSPS) is 16.0. The molecule has 0 saturated carbocycles. The number of amides is 2. The van der Waals surface area contributed by atoms with Gasteiger partial charge in [0.2, 0.25) is 5.89 Å². The van der Waals surface area contributed by atoms with Crippen molar-refractivity contribution >= 4 is 12.0 Å². The molecule has 5 rings (SSSR count). The largest absolute Gasteiger partial charge is 0.496 e. The van der Waals surface area contributed by atoms with Crippen LogP contribution in [0.15, 0.2) is 83.3 Å². The summed E-state index contributed by atoms with van der Waals surface area (Å²) in [5, 5.41) is 11.4. The number of benzene rings is 3. The van der Waals surface area contributed by atoms with Crippen molar-refractivity contribution in [2.24, 2.45) is 0 Å². The predicted molar refractivity (Wildman–Crippen MR) is 161 cm³/mol. The highest BCUT2D eigenvalue weighted by atomic mass is 16.6. The third kappa shape index (κ3) is 6.93. The second kappa shape index (κ2) is 14.2. The fourth-order valence-corrected chi connectivity index (χ4v) is 5.20. The van der Waals surface area contributed by atoms with Gasteiger partial charge in [-0.15, -0.1) is 0 Å². The number of rotatable bonds is 13. The highest BCUT2D eigenvalue weighted by molar-refractivity contribution is 5.96. The zero-order chi connectivity index (χ0) is 31.1. The molecule has 0 bridgehead atoms. The first-order valence-electron chi connectivity index (χ1n) is 14.6. The molecule has 10 nitrogen and oxygen atoms in total. The lowest BCUT2D eigenvalue weighted by molar-refractivity contribution is -0.149. The maximum Gasteiger partial charge on any atom is 0.417 e. The number of ether oxygens (including phenoxy) is 4. The van der Waals surface area contributed by atoms with E-state index in [1.165, 1.54) is 7.11 Å². The average Bonchev–Trinajstić information content (AvgIpc) is 3.61. The van der Waals surface area contributed by atoms with E-state index in [9.17, 15) is 14.7 Å². The van der Waals surface area contributed by atoms with Crippen molar-refractivity contribution in [3.8, 4) is 23.0 Å². The maximum absolute atomic E-state index is 13.7. The summed E-state index contributed by atoms with van der Waals surface area (Å²) in [6, 6.07) is 23.6. The van der Waals surface area contributed by atoms with Crippen molar-refractivity contribution in [1.29, 1.82) is 0 Å². The predicted octanol–water partition coefficient (Wildman–Crippen LogP) is 5.31. The number of cyclic esters (lactones) is 1. The van der Waals surface area contributed by atoms with E-state index in [4.69, 9.17) is 23.4 Å². The van der Waals surface area contributed by atoms with Crippen LogP contribution in [0.4, 0.5) is 4.79 Å². The van der Waals surface area contributed by atoms with Gasteiger partial charge in [-0.05, 0) is 50.1 Å². The lowest BCUT2D eigenvalue weighted by atomic mass is 10.00. The van der Waals surface area contributed by atoms with E-state index in [0.29, 0.717) is 42.4 Å². The Morgan fingerprint density at radius 2 is 1.82 bits per heavy atom. The van der Waals surface area contributed by atoms with Crippen LogP contribution in [0.5, 0.6) is 11.5 Å². The van der Waals surface area contributed by atoms with Crippen molar-refractivity contribution in [3.05, 3.63) is 101 Å². The average molecular weight is 601 g/mol. The van der Waals surface area contributed by atoms with Crippen molar-refractivity contribution < 1.29 is 38.1 Å². The number of carbonyl (C=O) groups is 2. The zero-order valence-electron chi connectivity index (χ0n) is 25.0. The minimum Gasteiger partial charge on any atom is -0.496 e. The Morgan fingerprint density at radius 1 is 1.09 bits per heavy atom. The number of carbonyl (C=O) groups excluding carboxylic acids is 2. The van der Waals surface area contributed by atoms with E-state index < -0.39 is 30.3 Å². The van der Waals surface area contributed by atoms with E-state index in [-0.39, 0.29) is 13.2 Å². The molecule has 0 radical (unpaired) electrons. The van der Waals surface area contributed by atoms with Crippen LogP contribution in [0.25, 0.3) is 11.5 Å². The Balaban J connectivity index is 1.27. The number of nitrogens with zero attached hydrogens (tertiary/aromatic N) is 2. The van der Waals surface area contributed by atoms with Gasteiger partial charge >= 0.3 is 6.09 Å². The van der Waals surface area contributed by atoms with Gasteiger partial charge in [0.1, 0.15) is 30.0 Å². The van der Waals surface area contributed by atoms with E-state index in [1.54, 1.807) is 25.1 Å². The molecular formula is C34H36N2O8. The topological polar surface area (TPSA) is 121 Å². The monoisotopic (exact) mass is 600 g/mol. The SMILES string of the molecule is CCO[C@H](C(=O)N1C(=O)OC[C@@H]1Cc1ccccc1)[C@H](O)c1ccc(OCCc2nc(-c3ccccc3)oc2C)cc1OC. The standard InChI is InChI=1S/C34H36N2O8/c1-4-41-31(33(38)36-25(21-43-34(36)39)19-23-11-7-5-8-12-23)30(37)27-16-15-26(20-29(27)40-3)42-18-17-28-22(2)44-32(35-28)24-13-9-6-10-14-24/h5-16,20,25,30-31,37H,4,17-19,21H2,1-3H3/t25-,30+,31-/m0/s1. The van der Waals surface area contributed by atoms with Gasteiger partial charge in [0, 0.05) is 30.2 Å². The van der Waals surface area contributed by atoms with Gasteiger partial charge in [0.05, 0.1) is 25.5 Å². The summed E-state index contributed by atoms with van der Waals surface area (Å²) in [6.07, 6.45) is -2.61.